The van der Waals surface area contributed by atoms with Gasteiger partial charge in [-0.05, 0) is 19.1 Å². The first-order valence-electron chi connectivity index (χ1n) is 5.83. The van der Waals surface area contributed by atoms with Crippen LogP contribution in [0.25, 0.3) is 0 Å². The third kappa shape index (κ3) is 2.35. The van der Waals surface area contributed by atoms with Crippen molar-refractivity contribution in [3.63, 3.8) is 0 Å². The SMILES string of the molecule is Cc1noc(NC(=O)C2CNc3ccccc3O2)n1. The summed E-state index contributed by atoms with van der Waals surface area (Å²) < 4.78 is 10.4. The number of nitrogens with zero attached hydrogens (tertiary/aromatic N) is 2. The quantitative estimate of drug-likeness (QED) is 0.843. The van der Waals surface area contributed by atoms with E-state index >= 15 is 0 Å². The molecule has 1 amide bonds. The average Bonchev–Trinajstić information content (AvgIpc) is 2.83. The molecule has 1 atom stereocenters. The van der Waals surface area contributed by atoms with Crippen molar-refractivity contribution >= 4 is 17.6 Å². The Morgan fingerprint density at radius 1 is 1.47 bits per heavy atom. The highest BCUT2D eigenvalue weighted by atomic mass is 16.5. The van der Waals surface area contributed by atoms with Gasteiger partial charge in [0.15, 0.2) is 11.9 Å². The van der Waals surface area contributed by atoms with Gasteiger partial charge in [0.1, 0.15) is 5.75 Å². The van der Waals surface area contributed by atoms with Gasteiger partial charge in [-0.1, -0.05) is 17.3 Å². The van der Waals surface area contributed by atoms with E-state index in [1.807, 2.05) is 18.2 Å². The zero-order valence-electron chi connectivity index (χ0n) is 10.2. The number of benzene rings is 1. The van der Waals surface area contributed by atoms with E-state index in [0.29, 0.717) is 18.1 Å². The Bertz CT molecular complexity index is 611. The van der Waals surface area contributed by atoms with Gasteiger partial charge in [0.05, 0.1) is 12.2 Å². The number of carbonyl (C=O) groups excluding carboxylic acids is 1. The molecule has 7 nitrogen and oxygen atoms in total. The Morgan fingerprint density at radius 3 is 3.11 bits per heavy atom. The highest BCUT2D eigenvalue weighted by molar-refractivity contribution is 5.93. The molecule has 0 fully saturated rings. The first-order chi connectivity index (χ1) is 9.22. The number of para-hydroxylation sites is 2. The third-order valence-electron chi connectivity index (χ3n) is 2.68. The molecule has 0 spiro atoms. The van der Waals surface area contributed by atoms with E-state index in [-0.39, 0.29) is 11.9 Å². The number of aromatic nitrogens is 2. The Morgan fingerprint density at radius 2 is 2.32 bits per heavy atom. The third-order valence-corrected chi connectivity index (χ3v) is 2.68. The first-order valence-corrected chi connectivity index (χ1v) is 5.83. The molecule has 1 aliphatic rings. The molecule has 0 aliphatic carbocycles. The smallest absolute Gasteiger partial charge is 0.328 e. The highest BCUT2D eigenvalue weighted by Gasteiger charge is 2.26. The maximum atomic E-state index is 12.0. The van der Waals surface area contributed by atoms with E-state index in [4.69, 9.17) is 9.26 Å². The van der Waals surface area contributed by atoms with Crippen molar-refractivity contribution in [3.05, 3.63) is 30.1 Å². The zero-order chi connectivity index (χ0) is 13.2. The topological polar surface area (TPSA) is 89.3 Å². The summed E-state index contributed by atoms with van der Waals surface area (Å²) in [7, 11) is 0. The van der Waals surface area contributed by atoms with Crippen LogP contribution in [0.4, 0.5) is 11.7 Å². The molecule has 2 N–H and O–H groups in total. The fraction of sp³-hybridized carbons (Fsp3) is 0.250. The lowest BCUT2D eigenvalue weighted by Gasteiger charge is -2.25. The van der Waals surface area contributed by atoms with E-state index in [2.05, 4.69) is 20.8 Å². The van der Waals surface area contributed by atoms with Crippen LogP contribution in [0.1, 0.15) is 5.82 Å². The molecule has 19 heavy (non-hydrogen) atoms. The van der Waals surface area contributed by atoms with Crippen LogP contribution in [0.5, 0.6) is 5.75 Å². The minimum atomic E-state index is -0.637. The maximum absolute atomic E-state index is 12.0. The Balaban J connectivity index is 1.69. The number of hydrogen-bond acceptors (Lipinski definition) is 6. The summed E-state index contributed by atoms with van der Waals surface area (Å²) >= 11 is 0. The highest BCUT2D eigenvalue weighted by Crippen LogP contribution is 2.28. The molecule has 1 aliphatic heterocycles. The lowest BCUT2D eigenvalue weighted by atomic mass is 10.2. The Labute approximate surface area is 109 Å². The van der Waals surface area contributed by atoms with Crippen LogP contribution in [0.3, 0.4) is 0 Å². The normalized spacial score (nSPS) is 17.0. The Kier molecular flexibility index (Phi) is 2.79. The molecule has 0 bridgehead atoms. The van der Waals surface area contributed by atoms with Gasteiger partial charge in [-0.2, -0.15) is 4.98 Å². The molecule has 2 heterocycles. The van der Waals surface area contributed by atoms with E-state index < -0.39 is 6.10 Å². The van der Waals surface area contributed by atoms with Crippen molar-refractivity contribution in [2.24, 2.45) is 0 Å². The predicted molar refractivity (Wildman–Crippen MR) is 67.0 cm³/mol. The van der Waals surface area contributed by atoms with Gasteiger partial charge >= 0.3 is 6.01 Å². The van der Waals surface area contributed by atoms with Crippen molar-refractivity contribution in [2.75, 3.05) is 17.2 Å². The van der Waals surface area contributed by atoms with Crippen molar-refractivity contribution < 1.29 is 14.1 Å². The number of hydrogen-bond donors (Lipinski definition) is 2. The predicted octanol–water partition coefficient (Wildman–Crippen LogP) is 1.19. The number of ether oxygens (including phenoxy) is 1. The molecule has 7 heteroatoms. The van der Waals surface area contributed by atoms with Gasteiger partial charge in [0, 0.05) is 0 Å². The lowest BCUT2D eigenvalue weighted by Crippen LogP contribution is -2.41. The molecule has 3 rings (SSSR count). The van der Waals surface area contributed by atoms with Crippen LogP contribution in [0.2, 0.25) is 0 Å². The van der Waals surface area contributed by atoms with E-state index in [1.165, 1.54) is 0 Å². The maximum Gasteiger partial charge on any atom is 0.328 e. The molecular weight excluding hydrogens is 248 g/mol. The van der Waals surface area contributed by atoms with Crippen LogP contribution in [0.15, 0.2) is 28.8 Å². The standard InChI is InChI=1S/C12H12N4O3/c1-7-14-12(19-16-7)15-11(17)10-6-13-8-4-2-3-5-9(8)18-10/h2-5,10,13H,6H2,1H3,(H,14,15,16,17). The van der Waals surface area contributed by atoms with E-state index in [9.17, 15) is 4.79 Å². The summed E-state index contributed by atoms with van der Waals surface area (Å²) in [4.78, 5) is 15.9. The van der Waals surface area contributed by atoms with Crippen LogP contribution < -0.4 is 15.4 Å². The van der Waals surface area contributed by atoms with E-state index in [0.717, 1.165) is 5.69 Å². The molecule has 2 aromatic rings. The number of carbonyl (C=O) groups is 1. The molecule has 1 aromatic carbocycles. The van der Waals surface area contributed by atoms with E-state index in [1.54, 1.807) is 13.0 Å². The number of aryl methyl sites for hydroxylation is 1. The summed E-state index contributed by atoms with van der Waals surface area (Å²) in [6.45, 7) is 2.06. The Hall–Kier alpha value is -2.57. The summed E-state index contributed by atoms with van der Waals surface area (Å²) in [5.74, 6) is 0.782. The molecular formula is C12H12N4O3. The lowest BCUT2D eigenvalue weighted by molar-refractivity contribution is -0.122. The fourth-order valence-corrected chi connectivity index (χ4v) is 1.79. The van der Waals surface area contributed by atoms with Gasteiger partial charge < -0.3 is 14.6 Å². The second-order valence-electron chi connectivity index (χ2n) is 4.12. The minimum Gasteiger partial charge on any atom is -0.477 e. The second kappa shape index (κ2) is 4.60. The number of anilines is 2. The number of fused-ring (bicyclic) bond motifs is 1. The first kappa shape index (κ1) is 11.5. The number of amides is 1. The summed E-state index contributed by atoms with van der Waals surface area (Å²) in [6.07, 6.45) is -0.637. The van der Waals surface area contributed by atoms with Gasteiger partial charge in [-0.15, -0.1) is 0 Å². The summed E-state index contributed by atoms with van der Waals surface area (Å²) in [5.41, 5.74) is 0.875. The molecule has 0 saturated carbocycles. The summed E-state index contributed by atoms with van der Waals surface area (Å²) in [5, 5.41) is 9.24. The molecule has 98 valence electrons. The van der Waals surface area contributed by atoms with Crippen molar-refractivity contribution in [3.8, 4) is 5.75 Å². The second-order valence-corrected chi connectivity index (χ2v) is 4.12. The number of nitrogens with one attached hydrogen (secondary N) is 2. The van der Waals surface area contributed by atoms with Gasteiger partial charge in [-0.25, -0.2) is 0 Å². The van der Waals surface area contributed by atoms with Crippen LogP contribution in [-0.4, -0.2) is 28.7 Å². The largest absolute Gasteiger partial charge is 0.477 e. The van der Waals surface area contributed by atoms with Gasteiger partial charge in [0.25, 0.3) is 5.91 Å². The average molecular weight is 260 g/mol. The van der Waals surface area contributed by atoms with Crippen molar-refractivity contribution in [1.29, 1.82) is 0 Å². The number of rotatable bonds is 2. The van der Waals surface area contributed by atoms with Gasteiger partial charge in [0.2, 0.25) is 0 Å². The fourth-order valence-electron chi connectivity index (χ4n) is 1.79. The van der Waals surface area contributed by atoms with Gasteiger partial charge in [-0.3, -0.25) is 10.1 Å². The summed E-state index contributed by atoms with van der Waals surface area (Å²) in [6, 6.07) is 7.52. The molecule has 1 unspecified atom stereocenters. The van der Waals surface area contributed by atoms with Crippen LogP contribution in [0, 0.1) is 6.92 Å². The minimum absolute atomic E-state index is 0.0740. The molecule has 0 saturated heterocycles. The van der Waals surface area contributed by atoms with Crippen LogP contribution in [-0.2, 0) is 4.79 Å². The monoisotopic (exact) mass is 260 g/mol. The van der Waals surface area contributed by atoms with Crippen LogP contribution >= 0.6 is 0 Å². The molecule has 1 aromatic heterocycles. The van der Waals surface area contributed by atoms with Crippen molar-refractivity contribution in [1.82, 2.24) is 10.1 Å². The zero-order valence-corrected chi connectivity index (χ0v) is 10.2. The molecule has 0 radical (unpaired) electrons. The van der Waals surface area contributed by atoms with Crippen molar-refractivity contribution in [2.45, 2.75) is 13.0 Å².